The minimum absolute atomic E-state index is 0.0942. The smallest absolute Gasteiger partial charge is 0.121 e. The fraction of sp³-hybridized carbons (Fsp3) is 0.684. The quantitative estimate of drug-likeness (QED) is 0.833. The molecular formula is C19H25O3. The first-order valence-corrected chi connectivity index (χ1v) is 8.65. The number of fused-ring (bicyclic) bond motifs is 5. The number of aliphatic hydroxyl groups is 1. The fourth-order valence-electron chi connectivity index (χ4n) is 5.74. The number of phenols is 1. The van der Waals surface area contributed by atoms with Crippen molar-refractivity contribution in [2.75, 3.05) is 0 Å². The molecule has 5 atom stereocenters. The number of phenolic OH excluding ortho intramolecular Hbond substituents is 1. The Morgan fingerprint density at radius 2 is 2.05 bits per heavy atom. The number of aromatic hydroxyl groups is 1. The summed E-state index contributed by atoms with van der Waals surface area (Å²) < 4.78 is 0. The van der Waals surface area contributed by atoms with E-state index in [0.29, 0.717) is 23.3 Å². The van der Waals surface area contributed by atoms with Gasteiger partial charge < -0.3 is 10.2 Å². The number of rotatable bonds is 1. The number of hydrogen-bond acceptors (Lipinski definition) is 2. The number of aryl methyl sites for hydroxylation is 1. The molecule has 2 N–H and O–H groups in total. The van der Waals surface area contributed by atoms with Crippen molar-refractivity contribution in [3.8, 4) is 5.75 Å². The molecular weight excluding hydrogens is 276 g/mol. The van der Waals surface area contributed by atoms with Crippen molar-refractivity contribution in [3.05, 3.63) is 28.8 Å². The first-order chi connectivity index (χ1) is 10.5. The molecule has 0 amide bonds. The van der Waals surface area contributed by atoms with Gasteiger partial charge in [-0.3, -0.25) is 0 Å². The van der Waals surface area contributed by atoms with Crippen molar-refractivity contribution in [3.63, 3.8) is 0 Å². The van der Waals surface area contributed by atoms with Gasteiger partial charge in [0.1, 0.15) is 12.4 Å². The van der Waals surface area contributed by atoms with Gasteiger partial charge >= 0.3 is 0 Å². The van der Waals surface area contributed by atoms with Crippen LogP contribution in [0.5, 0.6) is 5.75 Å². The van der Waals surface area contributed by atoms with Crippen LogP contribution in [-0.4, -0.2) is 16.3 Å². The average Bonchev–Trinajstić information content (AvgIpc) is 2.82. The Hall–Kier alpha value is -1.06. The molecule has 2 saturated carbocycles. The highest BCUT2D eigenvalue weighted by molar-refractivity contribution is 5.45. The molecule has 4 rings (SSSR count). The van der Waals surface area contributed by atoms with E-state index in [-0.39, 0.29) is 23.9 Å². The summed E-state index contributed by atoms with van der Waals surface area (Å²) in [6.45, 7) is 1.93. The fourth-order valence-corrected chi connectivity index (χ4v) is 5.74. The minimum Gasteiger partial charge on any atom is -0.508 e. The lowest BCUT2D eigenvalue weighted by atomic mass is 9.55. The lowest BCUT2D eigenvalue weighted by molar-refractivity contribution is -0.0226. The third kappa shape index (κ3) is 1.88. The van der Waals surface area contributed by atoms with E-state index >= 15 is 0 Å². The molecule has 0 aromatic heterocycles. The van der Waals surface area contributed by atoms with Crippen LogP contribution in [0.25, 0.3) is 0 Å². The molecule has 3 heteroatoms. The summed E-state index contributed by atoms with van der Waals surface area (Å²) >= 11 is 0. The monoisotopic (exact) mass is 301 g/mol. The summed E-state index contributed by atoms with van der Waals surface area (Å²) in [6.07, 6.45) is 6.26. The maximum atomic E-state index is 11.3. The van der Waals surface area contributed by atoms with Crippen molar-refractivity contribution >= 4 is 0 Å². The van der Waals surface area contributed by atoms with Crippen LogP contribution in [-0.2, 0) is 18.1 Å². The Morgan fingerprint density at radius 3 is 2.82 bits per heavy atom. The molecule has 22 heavy (non-hydrogen) atoms. The first-order valence-electron chi connectivity index (χ1n) is 8.65. The molecule has 0 spiro atoms. The van der Waals surface area contributed by atoms with Crippen molar-refractivity contribution in [2.24, 2.45) is 17.3 Å². The molecule has 3 nitrogen and oxygen atoms in total. The van der Waals surface area contributed by atoms with Crippen LogP contribution in [0.4, 0.5) is 0 Å². The number of hydrogen-bond donors (Lipinski definition) is 2. The Bertz CT molecular complexity index is 597. The van der Waals surface area contributed by atoms with Gasteiger partial charge in [0, 0.05) is 5.56 Å². The van der Waals surface area contributed by atoms with E-state index < -0.39 is 0 Å². The van der Waals surface area contributed by atoms with Crippen molar-refractivity contribution in [2.45, 2.75) is 64.1 Å². The summed E-state index contributed by atoms with van der Waals surface area (Å²) in [5, 5.41) is 31.7. The van der Waals surface area contributed by atoms with Gasteiger partial charge in [-0.25, -0.2) is 5.11 Å². The van der Waals surface area contributed by atoms with Gasteiger partial charge in [0.25, 0.3) is 0 Å². The number of benzene rings is 1. The van der Waals surface area contributed by atoms with Crippen LogP contribution >= 0.6 is 0 Å². The molecule has 1 radical (unpaired) electrons. The van der Waals surface area contributed by atoms with E-state index in [1.807, 2.05) is 12.1 Å². The molecule has 1 aromatic carbocycles. The van der Waals surface area contributed by atoms with Crippen LogP contribution in [0.1, 0.15) is 61.6 Å². The van der Waals surface area contributed by atoms with Crippen molar-refractivity contribution in [1.82, 2.24) is 0 Å². The maximum absolute atomic E-state index is 11.3. The lowest BCUT2D eigenvalue weighted by Crippen LogP contribution is -2.43. The Balaban J connectivity index is 1.72. The zero-order valence-electron chi connectivity index (χ0n) is 13.2. The maximum Gasteiger partial charge on any atom is 0.121 e. The van der Waals surface area contributed by atoms with Gasteiger partial charge in [-0.05, 0) is 85.0 Å². The molecule has 3 unspecified atom stereocenters. The molecule has 0 heterocycles. The molecule has 0 saturated heterocycles. The van der Waals surface area contributed by atoms with Crippen molar-refractivity contribution in [1.29, 1.82) is 0 Å². The molecule has 3 aliphatic carbocycles. The van der Waals surface area contributed by atoms with Gasteiger partial charge in [-0.1, -0.05) is 6.92 Å². The lowest BCUT2D eigenvalue weighted by Gasteiger charge is -2.50. The summed E-state index contributed by atoms with van der Waals surface area (Å²) in [7, 11) is 0. The molecule has 0 bridgehead atoms. The zero-order valence-corrected chi connectivity index (χ0v) is 13.2. The van der Waals surface area contributed by atoms with Gasteiger partial charge in [-0.2, -0.15) is 0 Å². The van der Waals surface area contributed by atoms with E-state index in [1.165, 1.54) is 11.1 Å². The highest BCUT2D eigenvalue weighted by Gasteiger charge is 2.54. The predicted octanol–water partition coefficient (Wildman–Crippen LogP) is 3.54. The van der Waals surface area contributed by atoms with Crippen LogP contribution in [0.15, 0.2) is 12.1 Å². The normalized spacial score (nSPS) is 40.0. The Labute approximate surface area is 132 Å². The molecule has 0 aliphatic heterocycles. The molecule has 119 valence electrons. The molecule has 1 aromatic rings. The van der Waals surface area contributed by atoms with Crippen LogP contribution in [0.2, 0.25) is 0 Å². The number of aliphatic hydroxyl groups excluding tert-OH is 1. The van der Waals surface area contributed by atoms with Crippen molar-refractivity contribution < 1.29 is 15.3 Å². The molecule has 3 aliphatic rings. The summed E-state index contributed by atoms with van der Waals surface area (Å²) in [6, 6.07) is 3.80. The van der Waals surface area contributed by atoms with E-state index in [0.717, 1.165) is 38.5 Å². The van der Waals surface area contributed by atoms with E-state index in [1.54, 1.807) is 0 Å². The Kier molecular flexibility index (Phi) is 3.28. The average molecular weight is 301 g/mol. The van der Waals surface area contributed by atoms with Crippen LogP contribution < -0.4 is 0 Å². The van der Waals surface area contributed by atoms with Gasteiger partial charge in [-0.15, -0.1) is 0 Å². The first kappa shape index (κ1) is 14.5. The Morgan fingerprint density at radius 1 is 1.23 bits per heavy atom. The molecule has 2 fully saturated rings. The summed E-state index contributed by atoms with van der Waals surface area (Å²) in [4.78, 5) is 0. The summed E-state index contributed by atoms with van der Waals surface area (Å²) in [5.74, 6) is 1.92. The standard InChI is InChI=1S/C19H25O3/c1-19-7-6-13-14(16(19)4-5-18(19)22)3-2-11-9-17(21)12(10-20)8-15(11)13/h8-9,13-14,16,18,21-22H,2-7,10H2,1H3/t13?,14?,16?,18-,19-/m0/s1. The van der Waals surface area contributed by atoms with Gasteiger partial charge in [0.05, 0.1) is 6.10 Å². The predicted molar refractivity (Wildman–Crippen MR) is 83.1 cm³/mol. The van der Waals surface area contributed by atoms with Gasteiger partial charge in [0.2, 0.25) is 0 Å². The van der Waals surface area contributed by atoms with Gasteiger partial charge in [0.15, 0.2) is 0 Å². The van der Waals surface area contributed by atoms with Crippen LogP contribution in [0, 0.1) is 17.3 Å². The van der Waals surface area contributed by atoms with E-state index in [4.69, 9.17) is 0 Å². The summed E-state index contributed by atoms with van der Waals surface area (Å²) in [5.41, 5.74) is 3.18. The third-order valence-electron chi connectivity index (χ3n) is 7.03. The van der Waals surface area contributed by atoms with E-state index in [2.05, 4.69) is 6.92 Å². The highest BCUT2D eigenvalue weighted by Crippen LogP contribution is 2.61. The zero-order chi connectivity index (χ0) is 15.5. The second kappa shape index (κ2) is 4.97. The minimum atomic E-state index is -0.351. The second-order valence-corrected chi connectivity index (χ2v) is 7.88. The highest BCUT2D eigenvalue weighted by atomic mass is 16.3. The van der Waals surface area contributed by atoms with E-state index in [9.17, 15) is 15.3 Å². The topological polar surface area (TPSA) is 60.4 Å². The second-order valence-electron chi connectivity index (χ2n) is 7.88. The van der Waals surface area contributed by atoms with Crippen LogP contribution in [0.3, 0.4) is 0 Å². The third-order valence-corrected chi connectivity index (χ3v) is 7.03. The largest absolute Gasteiger partial charge is 0.508 e. The SMILES string of the molecule is C[C@]12CCC3c4cc(C[O])c(O)cc4CCC3C1CC[C@@H]2O.